The number of hydrogen-bond donors (Lipinski definition) is 1. The fourth-order valence-corrected chi connectivity index (χ4v) is 3.02. The van der Waals surface area contributed by atoms with E-state index in [1.54, 1.807) is 0 Å². The van der Waals surface area contributed by atoms with Crippen molar-refractivity contribution in [2.45, 2.75) is 38.5 Å². The molecular weight excluding hydrogens is 313 g/mol. The van der Waals surface area contributed by atoms with E-state index in [2.05, 4.69) is 42.0 Å². The fourth-order valence-electron chi connectivity index (χ4n) is 1.74. The zero-order chi connectivity index (χ0) is 13.5. The van der Waals surface area contributed by atoms with Gasteiger partial charge >= 0.3 is 0 Å². The molecule has 0 bridgehead atoms. The third-order valence-corrected chi connectivity index (χ3v) is 4.46. The zero-order valence-corrected chi connectivity index (χ0v) is 13.6. The van der Waals surface area contributed by atoms with Gasteiger partial charge in [0.25, 0.3) is 0 Å². The molecule has 0 saturated carbocycles. The Bertz CT molecular complexity index is 371. The Morgan fingerprint density at radius 3 is 2.67 bits per heavy atom. The highest BCUT2D eigenvalue weighted by molar-refractivity contribution is 9.10. The van der Waals surface area contributed by atoms with Crippen LogP contribution in [0.5, 0.6) is 0 Å². The summed E-state index contributed by atoms with van der Waals surface area (Å²) >= 11 is 5.19. The third kappa shape index (κ3) is 5.72. The Kier molecular flexibility index (Phi) is 7.27. The molecule has 0 fully saturated rings. The van der Waals surface area contributed by atoms with Crippen LogP contribution >= 0.6 is 27.7 Å². The molecule has 4 heteroatoms. The second kappa shape index (κ2) is 8.18. The van der Waals surface area contributed by atoms with Crippen LogP contribution in [0.2, 0.25) is 0 Å². The lowest BCUT2D eigenvalue weighted by molar-refractivity contribution is 0.570. The maximum atomic E-state index is 13.2. The molecule has 0 aliphatic heterocycles. The summed E-state index contributed by atoms with van der Waals surface area (Å²) in [6.07, 6.45) is 0.937. The van der Waals surface area contributed by atoms with Crippen LogP contribution in [0.15, 0.2) is 22.7 Å². The molecule has 0 aromatic heterocycles. The molecule has 1 atom stereocenters. The zero-order valence-electron chi connectivity index (χ0n) is 11.2. The molecule has 0 saturated heterocycles. The summed E-state index contributed by atoms with van der Waals surface area (Å²) in [6, 6.07) is 5.71. The number of halogens is 2. The van der Waals surface area contributed by atoms with Crippen molar-refractivity contribution >= 4 is 27.7 Å². The van der Waals surface area contributed by atoms with Gasteiger partial charge in [-0.05, 0) is 51.8 Å². The second-order valence-electron chi connectivity index (χ2n) is 4.59. The molecular formula is C14H21BrFNS. The summed E-state index contributed by atoms with van der Waals surface area (Å²) in [5, 5.41) is 4.14. The molecule has 102 valence electrons. The molecule has 1 nitrogen and oxygen atoms in total. The van der Waals surface area contributed by atoms with Crippen molar-refractivity contribution < 1.29 is 4.39 Å². The number of thioether (sulfide) groups is 1. The number of hydrogen-bond acceptors (Lipinski definition) is 2. The van der Waals surface area contributed by atoms with E-state index in [1.165, 1.54) is 11.6 Å². The van der Waals surface area contributed by atoms with Gasteiger partial charge in [0, 0.05) is 11.8 Å². The van der Waals surface area contributed by atoms with Gasteiger partial charge in [0.15, 0.2) is 0 Å². The molecule has 0 aliphatic carbocycles. The highest BCUT2D eigenvalue weighted by Crippen LogP contribution is 2.19. The molecule has 0 heterocycles. The smallest absolute Gasteiger partial charge is 0.137 e. The van der Waals surface area contributed by atoms with Gasteiger partial charge in [0.2, 0.25) is 0 Å². The van der Waals surface area contributed by atoms with E-state index in [9.17, 15) is 4.39 Å². The first-order chi connectivity index (χ1) is 8.52. The fraction of sp³-hybridized carbons (Fsp3) is 0.571. The Balaban J connectivity index is 2.61. The molecule has 1 N–H and O–H groups in total. The quantitative estimate of drug-likeness (QED) is 0.800. The Morgan fingerprint density at radius 1 is 1.39 bits per heavy atom. The van der Waals surface area contributed by atoms with E-state index < -0.39 is 0 Å². The highest BCUT2D eigenvalue weighted by atomic mass is 79.9. The summed E-state index contributed by atoms with van der Waals surface area (Å²) in [4.78, 5) is 0. The Hall–Kier alpha value is -0.0600. The lowest BCUT2D eigenvalue weighted by atomic mass is 10.1. The lowest BCUT2D eigenvalue weighted by Gasteiger charge is -2.19. The van der Waals surface area contributed by atoms with E-state index in [0.29, 0.717) is 15.8 Å². The first-order valence-electron chi connectivity index (χ1n) is 6.31. The van der Waals surface area contributed by atoms with Gasteiger partial charge in [-0.3, -0.25) is 0 Å². The van der Waals surface area contributed by atoms with Crippen LogP contribution in [0.1, 0.15) is 26.3 Å². The van der Waals surface area contributed by atoms with E-state index in [4.69, 9.17) is 0 Å². The van der Waals surface area contributed by atoms with Gasteiger partial charge < -0.3 is 5.32 Å². The minimum atomic E-state index is -0.199. The molecule has 0 radical (unpaired) electrons. The maximum Gasteiger partial charge on any atom is 0.137 e. The first kappa shape index (κ1) is 16.0. The Morgan fingerprint density at radius 2 is 2.11 bits per heavy atom. The van der Waals surface area contributed by atoms with E-state index in [0.717, 1.165) is 18.7 Å². The van der Waals surface area contributed by atoms with Gasteiger partial charge in [0.1, 0.15) is 5.82 Å². The van der Waals surface area contributed by atoms with Crippen LogP contribution in [-0.4, -0.2) is 23.6 Å². The summed E-state index contributed by atoms with van der Waals surface area (Å²) < 4.78 is 13.7. The van der Waals surface area contributed by atoms with E-state index in [-0.39, 0.29) is 5.82 Å². The SMILES string of the molecule is CCNC(CSC(C)C)Cc1ccc(F)c(Br)c1. The van der Waals surface area contributed by atoms with Crippen LogP contribution < -0.4 is 5.32 Å². The average Bonchev–Trinajstić information content (AvgIpc) is 2.31. The number of likely N-dealkylation sites (N-methyl/N-ethyl adjacent to an activating group) is 1. The van der Waals surface area contributed by atoms with Crippen molar-refractivity contribution in [3.8, 4) is 0 Å². The normalized spacial score (nSPS) is 13.0. The highest BCUT2D eigenvalue weighted by Gasteiger charge is 2.11. The molecule has 1 rings (SSSR count). The van der Waals surface area contributed by atoms with Gasteiger partial charge in [-0.2, -0.15) is 11.8 Å². The van der Waals surface area contributed by atoms with Crippen LogP contribution in [0, 0.1) is 5.82 Å². The minimum Gasteiger partial charge on any atom is -0.313 e. The van der Waals surface area contributed by atoms with Crippen LogP contribution in [0.4, 0.5) is 4.39 Å². The molecule has 0 aliphatic rings. The molecule has 18 heavy (non-hydrogen) atoms. The van der Waals surface area contributed by atoms with Crippen molar-refractivity contribution in [2.75, 3.05) is 12.3 Å². The topological polar surface area (TPSA) is 12.0 Å². The van der Waals surface area contributed by atoms with Crippen LogP contribution in [-0.2, 0) is 6.42 Å². The van der Waals surface area contributed by atoms with E-state index >= 15 is 0 Å². The average molecular weight is 334 g/mol. The molecule has 0 spiro atoms. The number of benzene rings is 1. The number of nitrogens with one attached hydrogen (secondary N) is 1. The van der Waals surface area contributed by atoms with Gasteiger partial charge in [-0.25, -0.2) is 4.39 Å². The monoisotopic (exact) mass is 333 g/mol. The summed E-state index contributed by atoms with van der Waals surface area (Å²) in [5.41, 5.74) is 1.17. The minimum absolute atomic E-state index is 0.199. The van der Waals surface area contributed by atoms with Crippen LogP contribution in [0.25, 0.3) is 0 Å². The van der Waals surface area contributed by atoms with Crippen molar-refractivity contribution in [3.05, 3.63) is 34.1 Å². The predicted molar refractivity (Wildman–Crippen MR) is 82.9 cm³/mol. The van der Waals surface area contributed by atoms with Gasteiger partial charge in [-0.15, -0.1) is 0 Å². The molecule has 1 aromatic carbocycles. The Labute approximate surface area is 122 Å². The largest absolute Gasteiger partial charge is 0.313 e. The maximum absolute atomic E-state index is 13.2. The van der Waals surface area contributed by atoms with Crippen molar-refractivity contribution in [1.82, 2.24) is 5.32 Å². The molecule has 1 unspecified atom stereocenters. The third-order valence-electron chi connectivity index (χ3n) is 2.59. The van der Waals surface area contributed by atoms with Crippen molar-refractivity contribution in [1.29, 1.82) is 0 Å². The van der Waals surface area contributed by atoms with Gasteiger partial charge in [-0.1, -0.05) is 26.8 Å². The summed E-state index contributed by atoms with van der Waals surface area (Å²) in [7, 11) is 0. The standard InChI is InChI=1S/C14H21BrFNS/c1-4-17-12(9-18-10(2)3)7-11-5-6-14(16)13(15)8-11/h5-6,8,10,12,17H,4,7,9H2,1-3H3. The van der Waals surface area contributed by atoms with Crippen LogP contribution in [0.3, 0.4) is 0 Å². The molecule has 0 amide bonds. The van der Waals surface area contributed by atoms with E-state index in [1.807, 2.05) is 23.9 Å². The predicted octanol–water partition coefficient (Wildman–Crippen LogP) is 4.25. The number of rotatable bonds is 7. The first-order valence-corrected chi connectivity index (χ1v) is 8.16. The molecule has 1 aromatic rings. The summed E-state index contributed by atoms with van der Waals surface area (Å²) in [5.74, 6) is 0.885. The second-order valence-corrected chi connectivity index (χ2v) is 7.05. The van der Waals surface area contributed by atoms with Gasteiger partial charge in [0.05, 0.1) is 4.47 Å². The summed E-state index contributed by atoms with van der Waals surface area (Å²) in [6.45, 7) is 7.50. The van der Waals surface area contributed by atoms with Crippen molar-refractivity contribution in [2.24, 2.45) is 0 Å². The lowest BCUT2D eigenvalue weighted by Crippen LogP contribution is -2.33. The van der Waals surface area contributed by atoms with Crippen molar-refractivity contribution in [3.63, 3.8) is 0 Å².